The molecule has 6 nitrogen and oxygen atoms in total. The average molecular weight is 361 g/mol. The van der Waals surface area contributed by atoms with Crippen LogP contribution in [0.1, 0.15) is 24.3 Å². The first-order chi connectivity index (χ1) is 13.3. The van der Waals surface area contributed by atoms with Crippen LogP contribution in [0, 0.1) is 0 Å². The first kappa shape index (κ1) is 17.4. The van der Waals surface area contributed by atoms with Gasteiger partial charge < -0.3 is 15.4 Å². The van der Waals surface area contributed by atoms with Gasteiger partial charge in [0.1, 0.15) is 5.75 Å². The Bertz CT molecular complexity index is 894. The Morgan fingerprint density at radius 2 is 2.00 bits per heavy atom. The smallest absolute Gasteiger partial charge is 0.227 e. The van der Waals surface area contributed by atoms with Crippen molar-refractivity contribution in [2.24, 2.45) is 0 Å². The van der Waals surface area contributed by atoms with Crippen molar-refractivity contribution in [3.63, 3.8) is 0 Å². The highest BCUT2D eigenvalue weighted by molar-refractivity contribution is 5.66. The van der Waals surface area contributed by atoms with Crippen molar-refractivity contribution in [3.05, 3.63) is 60.6 Å². The van der Waals surface area contributed by atoms with Gasteiger partial charge >= 0.3 is 0 Å². The van der Waals surface area contributed by atoms with Crippen LogP contribution in [-0.2, 0) is 0 Å². The number of anilines is 2. The average Bonchev–Trinajstić information content (AvgIpc) is 2.75. The van der Waals surface area contributed by atoms with Crippen LogP contribution < -0.4 is 15.4 Å². The highest BCUT2D eigenvalue weighted by atomic mass is 16.5. The van der Waals surface area contributed by atoms with Gasteiger partial charge in [-0.2, -0.15) is 0 Å². The molecule has 0 saturated carbocycles. The van der Waals surface area contributed by atoms with Gasteiger partial charge in [-0.15, -0.1) is 0 Å². The van der Waals surface area contributed by atoms with E-state index >= 15 is 0 Å². The van der Waals surface area contributed by atoms with Gasteiger partial charge in [-0.25, -0.2) is 9.97 Å². The van der Waals surface area contributed by atoms with Crippen molar-refractivity contribution in [1.29, 1.82) is 0 Å². The topological polar surface area (TPSA) is 72.0 Å². The molecular formula is C21H23N5O. The Labute approximate surface area is 159 Å². The van der Waals surface area contributed by atoms with Crippen LogP contribution in [-0.4, -0.2) is 35.2 Å². The fourth-order valence-corrected chi connectivity index (χ4v) is 3.45. The van der Waals surface area contributed by atoms with Gasteiger partial charge in [0.05, 0.1) is 18.5 Å². The number of aromatic nitrogens is 3. The SMILES string of the molecule is COc1ccc(C2CCNCC2)cc1Nc1nccc(-c2cccnc2)n1. The van der Waals surface area contributed by atoms with Gasteiger partial charge in [-0.1, -0.05) is 6.07 Å². The van der Waals surface area contributed by atoms with Gasteiger partial charge in [0, 0.05) is 24.2 Å². The van der Waals surface area contributed by atoms with Crippen molar-refractivity contribution < 1.29 is 4.74 Å². The summed E-state index contributed by atoms with van der Waals surface area (Å²) in [7, 11) is 1.68. The van der Waals surface area contributed by atoms with E-state index in [1.165, 1.54) is 5.56 Å². The molecule has 6 heteroatoms. The molecule has 2 aromatic heterocycles. The molecular weight excluding hydrogens is 338 g/mol. The first-order valence-electron chi connectivity index (χ1n) is 9.22. The van der Waals surface area contributed by atoms with Crippen molar-refractivity contribution >= 4 is 11.6 Å². The van der Waals surface area contributed by atoms with E-state index in [4.69, 9.17) is 4.74 Å². The molecule has 3 aromatic rings. The minimum Gasteiger partial charge on any atom is -0.495 e. The Hall–Kier alpha value is -2.99. The predicted octanol–water partition coefficient (Wildman–Crippen LogP) is 3.76. The van der Waals surface area contributed by atoms with Crippen LogP contribution in [0.2, 0.25) is 0 Å². The lowest BCUT2D eigenvalue weighted by Crippen LogP contribution is -2.26. The van der Waals surface area contributed by atoms with Gasteiger partial charge in [0.2, 0.25) is 5.95 Å². The molecule has 3 heterocycles. The van der Waals surface area contributed by atoms with Crippen LogP contribution in [0.5, 0.6) is 5.75 Å². The highest BCUT2D eigenvalue weighted by Crippen LogP contribution is 2.33. The van der Waals surface area contributed by atoms with Gasteiger partial charge in [0.15, 0.2) is 0 Å². The maximum Gasteiger partial charge on any atom is 0.227 e. The normalized spacial score (nSPS) is 14.7. The van der Waals surface area contributed by atoms with Crippen LogP contribution in [0.3, 0.4) is 0 Å². The number of ether oxygens (including phenoxy) is 1. The van der Waals surface area contributed by atoms with Crippen molar-refractivity contribution in [2.45, 2.75) is 18.8 Å². The van der Waals surface area contributed by atoms with E-state index in [0.29, 0.717) is 11.9 Å². The molecule has 0 aliphatic carbocycles. The molecule has 0 unspecified atom stereocenters. The molecule has 27 heavy (non-hydrogen) atoms. The molecule has 1 saturated heterocycles. The molecule has 1 fully saturated rings. The lowest BCUT2D eigenvalue weighted by Gasteiger charge is -2.24. The van der Waals surface area contributed by atoms with E-state index in [1.54, 1.807) is 25.7 Å². The molecule has 1 aromatic carbocycles. The number of rotatable bonds is 5. The summed E-state index contributed by atoms with van der Waals surface area (Å²) < 4.78 is 5.53. The van der Waals surface area contributed by atoms with Crippen molar-refractivity contribution in [1.82, 2.24) is 20.3 Å². The summed E-state index contributed by atoms with van der Waals surface area (Å²) in [6.07, 6.45) is 7.60. The monoisotopic (exact) mass is 361 g/mol. The summed E-state index contributed by atoms with van der Waals surface area (Å²) in [5.74, 6) is 1.89. The van der Waals surface area contributed by atoms with Crippen LogP contribution in [0.15, 0.2) is 55.0 Å². The van der Waals surface area contributed by atoms with Crippen LogP contribution >= 0.6 is 0 Å². The number of nitrogens with zero attached hydrogens (tertiary/aromatic N) is 3. The summed E-state index contributed by atoms with van der Waals surface area (Å²) in [5.41, 5.74) is 3.99. The fraction of sp³-hybridized carbons (Fsp3) is 0.286. The molecule has 0 bridgehead atoms. The zero-order valence-corrected chi connectivity index (χ0v) is 15.4. The number of pyridine rings is 1. The quantitative estimate of drug-likeness (QED) is 0.721. The zero-order valence-electron chi connectivity index (χ0n) is 15.4. The molecule has 0 radical (unpaired) electrons. The van der Waals surface area contributed by atoms with Crippen LogP contribution in [0.25, 0.3) is 11.3 Å². The maximum atomic E-state index is 5.53. The van der Waals surface area contributed by atoms with Gasteiger partial charge in [-0.3, -0.25) is 4.98 Å². The lowest BCUT2D eigenvalue weighted by molar-refractivity contribution is 0.415. The van der Waals surface area contributed by atoms with Gasteiger partial charge in [0.25, 0.3) is 0 Å². The van der Waals surface area contributed by atoms with E-state index in [2.05, 4.69) is 37.7 Å². The molecule has 138 valence electrons. The molecule has 4 rings (SSSR count). The summed E-state index contributed by atoms with van der Waals surface area (Å²) >= 11 is 0. The standard InChI is InChI=1S/C21H23N5O/c1-27-20-5-4-16(15-6-10-22-11-7-15)13-19(20)26-21-24-12-8-18(25-21)17-3-2-9-23-14-17/h2-5,8-9,12-15,22H,6-7,10-11H2,1H3,(H,24,25,26). The number of hydrogen-bond acceptors (Lipinski definition) is 6. The number of benzene rings is 1. The minimum atomic E-state index is 0.539. The maximum absolute atomic E-state index is 5.53. The third-order valence-corrected chi connectivity index (χ3v) is 4.89. The molecule has 0 amide bonds. The number of hydrogen-bond donors (Lipinski definition) is 2. The third kappa shape index (κ3) is 4.06. The largest absolute Gasteiger partial charge is 0.495 e. The molecule has 1 aliphatic rings. The molecule has 0 atom stereocenters. The Balaban J connectivity index is 1.61. The second-order valence-electron chi connectivity index (χ2n) is 6.62. The summed E-state index contributed by atoms with van der Waals surface area (Å²) in [4.78, 5) is 13.2. The Kier molecular flexibility index (Phi) is 5.25. The summed E-state index contributed by atoms with van der Waals surface area (Å²) in [6, 6.07) is 12.1. The van der Waals surface area contributed by atoms with Gasteiger partial charge in [-0.05, 0) is 67.7 Å². The van der Waals surface area contributed by atoms with E-state index in [-0.39, 0.29) is 0 Å². The Morgan fingerprint density at radius 3 is 2.78 bits per heavy atom. The highest BCUT2D eigenvalue weighted by Gasteiger charge is 2.17. The van der Waals surface area contributed by atoms with Crippen LogP contribution in [0.4, 0.5) is 11.6 Å². The number of piperidine rings is 1. The second kappa shape index (κ2) is 8.14. The zero-order chi connectivity index (χ0) is 18.5. The molecule has 2 N–H and O–H groups in total. The number of methoxy groups -OCH3 is 1. The Morgan fingerprint density at radius 1 is 1.11 bits per heavy atom. The second-order valence-corrected chi connectivity index (χ2v) is 6.62. The van der Waals surface area contributed by atoms with Crippen molar-refractivity contribution in [2.75, 3.05) is 25.5 Å². The summed E-state index contributed by atoms with van der Waals surface area (Å²) in [6.45, 7) is 2.13. The third-order valence-electron chi connectivity index (χ3n) is 4.89. The lowest BCUT2D eigenvalue weighted by atomic mass is 9.90. The van der Waals surface area contributed by atoms with E-state index < -0.39 is 0 Å². The van der Waals surface area contributed by atoms with E-state index in [0.717, 1.165) is 48.6 Å². The first-order valence-corrected chi connectivity index (χ1v) is 9.22. The fourth-order valence-electron chi connectivity index (χ4n) is 3.45. The summed E-state index contributed by atoms with van der Waals surface area (Å²) in [5, 5.41) is 6.75. The molecule has 1 aliphatic heterocycles. The predicted molar refractivity (Wildman–Crippen MR) is 106 cm³/mol. The van der Waals surface area contributed by atoms with Crippen molar-refractivity contribution in [3.8, 4) is 17.0 Å². The van der Waals surface area contributed by atoms with E-state index in [1.807, 2.05) is 24.3 Å². The minimum absolute atomic E-state index is 0.539. The van der Waals surface area contributed by atoms with E-state index in [9.17, 15) is 0 Å². The number of nitrogens with one attached hydrogen (secondary N) is 2. The molecule has 0 spiro atoms.